The molecule has 6 rings (SSSR count). The quantitative estimate of drug-likeness (QED) is 0.104. The summed E-state index contributed by atoms with van der Waals surface area (Å²) in [6, 6.07) is 29.9. The number of hydrogen-bond donors (Lipinski definition) is 3. The number of rotatable bonds is 10. The molecule has 0 aliphatic carbocycles. The Labute approximate surface area is 295 Å². The van der Waals surface area contributed by atoms with Crippen LogP contribution in [0.5, 0.6) is 5.75 Å². The Hall–Kier alpha value is -3.68. The lowest BCUT2D eigenvalue weighted by Gasteiger charge is -2.36. The molecule has 1 aliphatic rings. The molecule has 0 spiro atoms. The van der Waals surface area contributed by atoms with Crippen molar-refractivity contribution in [3.8, 4) is 22.6 Å². The van der Waals surface area contributed by atoms with Gasteiger partial charge < -0.3 is 25.0 Å². The number of carbonyl (C=O) groups is 1. The van der Waals surface area contributed by atoms with Crippen LogP contribution in [0, 0.1) is 0 Å². The highest BCUT2D eigenvalue weighted by molar-refractivity contribution is 7.99. The summed E-state index contributed by atoms with van der Waals surface area (Å²) >= 11 is 18.6. The van der Waals surface area contributed by atoms with Gasteiger partial charge in [-0.15, -0.1) is 5.10 Å². The van der Waals surface area contributed by atoms with E-state index in [9.17, 15) is 15.0 Å². The highest BCUT2D eigenvalue weighted by atomic mass is 35.6. The number of thioether (sulfide) groups is 1. The van der Waals surface area contributed by atoms with E-state index in [-0.39, 0.29) is 31.1 Å². The van der Waals surface area contributed by atoms with E-state index in [1.54, 1.807) is 28.9 Å². The average Bonchev–Trinajstić information content (AvgIpc) is 3.58. The molecule has 5 aromatic rings. The average molecular weight is 727 g/mol. The maximum atomic E-state index is 12.1. The molecule has 14 heteroatoms. The molecule has 48 heavy (non-hydrogen) atoms. The molecule has 4 aromatic carbocycles. The first-order valence-corrected chi connectivity index (χ1v) is 17.0. The zero-order valence-electron chi connectivity index (χ0n) is 25.2. The third kappa shape index (κ3) is 8.30. The van der Waals surface area contributed by atoms with Crippen LogP contribution in [0.25, 0.3) is 16.8 Å². The Bertz CT molecular complexity index is 1840. The molecule has 3 atom stereocenters. The number of phenols is 1. The van der Waals surface area contributed by atoms with Crippen LogP contribution in [-0.4, -0.2) is 52.0 Å². The number of nitrogens with one attached hydrogen (secondary N) is 1. The SMILES string of the molecule is O=C(NCc1ccccc1-c1ccc([C@H]2O[C@@H](CSc3nnnn3-c3ccc(O)cc3)C[C@@H](c3ccc(CO)cc3)O2)cc1)C(Cl)(Cl)Cl. The van der Waals surface area contributed by atoms with Crippen molar-refractivity contribution in [2.45, 2.75) is 47.0 Å². The number of benzene rings is 4. The van der Waals surface area contributed by atoms with E-state index in [0.29, 0.717) is 17.3 Å². The molecule has 0 bridgehead atoms. The van der Waals surface area contributed by atoms with Gasteiger partial charge >= 0.3 is 0 Å². The van der Waals surface area contributed by atoms with Crippen molar-refractivity contribution >= 4 is 52.5 Å². The first-order chi connectivity index (χ1) is 23.2. The summed E-state index contributed by atoms with van der Waals surface area (Å²) in [5.41, 5.74) is 6.06. The number of aromatic hydroxyl groups is 1. The van der Waals surface area contributed by atoms with E-state index in [1.165, 1.54) is 11.8 Å². The van der Waals surface area contributed by atoms with Crippen molar-refractivity contribution in [3.05, 3.63) is 119 Å². The third-order valence-corrected chi connectivity index (χ3v) is 9.32. The number of halogens is 3. The van der Waals surface area contributed by atoms with Crippen LogP contribution in [0.2, 0.25) is 0 Å². The number of phenolic OH excluding ortho intramolecular Hbond substituents is 1. The largest absolute Gasteiger partial charge is 0.508 e. The summed E-state index contributed by atoms with van der Waals surface area (Å²) in [6.45, 7) is 0.146. The number of carbonyl (C=O) groups excluding carboxylic acids is 1. The number of hydrogen-bond acceptors (Lipinski definition) is 9. The second-order valence-electron chi connectivity index (χ2n) is 11.0. The second kappa shape index (κ2) is 15.3. The molecule has 1 fully saturated rings. The van der Waals surface area contributed by atoms with Crippen LogP contribution in [0.15, 0.2) is 102 Å². The van der Waals surface area contributed by atoms with Crippen LogP contribution in [0.4, 0.5) is 0 Å². The first-order valence-electron chi connectivity index (χ1n) is 14.9. The van der Waals surface area contributed by atoms with Crippen molar-refractivity contribution in [1.82, 2.24) is 25.5 Å². The standard InChI is InChI=1S/C34H30Cl3N5O5S/c35-34(36,37)32(45)38-18-25-3-1-2-4-29(25)22-9-11-24(12-10-22)31-46-28(17-30(47-31)23-7-5-21(19-43)6-8-23)20-48-33-39-40-41-42(33)26-13-15-27(44)16-14-26/h1-16,28,30-31,43-44H,17-20H2,(H,38,45)/t28-,30+,31+/m1/s1. The molecule has 1 aliphatic heterocycles. The van der Waals surface area contributed by atoms with Gasteiger partial charge in [-0.25, -0.2) is 0 Å². The minimum Gasteiger partial charge on any atom is -0.508 e. The van der Waals surface area contributed by atoms with Crippen LogP contribution < -0.4 is 5.32 Å². The Morgan fingerprint density at radius 3 is 2.35 bits per heavy atom. The number of alkyl halides is 3. The summed E-state index contributed by atoms with van der Waals surface area (Å²) in [7, 11) is 0. The molecule has 10 nitrogen and oxygen atoms in total. The van der Waals surface area contributed by atoms with Gasteiger partial charge in [-0.05, 0) is 62.5 Å². The van der Waals surface area contributed by atoms with Crippen LogP contribution >= 0.6 is 46.6 Å². The number of tetrazole rings is 1. The first kappa shape index (κ1) is 34.2. The molecule has 1 amide bonds. The van der Waals surface area contributed by atoms with Crippen LogP contribution in [0.1, 0.15) is 41.1 Å². The smallest absolute Gasteiger partial charge is 0.272 e. The van der Waals surface area contributed by atoms with Crippen molar-refractivity contribution in [2.24, 2.45) is 0 Å². The molecule has 3 N–H and O–H groups in total. The fourth-order valence-electron chi connectivity index (χ4n) is 5.27. The Kier molecular flexibility index (Phi) is 10.9. The number of aliphatic hydroxyl groups is 1. The van der Waals surface area contributed by atoms with E-state index in [2.05, 4.69) is 20.8 Å². The molecule has 0 radical (unpaired) electrons. The summed E-state index contributed by atoms with van der Waals surface area (Å²) in [5, 5.41) is 34.6. The van der Waals surface area contributed by atoms with Crippen molar-refractivity contribution in [3.63, 3.8) is 0 Å². The number of amides is 1. The van der Waals surface area contributed by atoms with Gasteiger partial charge in [-0.2, -0.15) is 4.68 Å². The van der Waals surface area contributed by atoms with Gasteiger partial charge in [0.2, 0.25) is 5.16 Å². The number of aliphatic hydroxyl groups excluding tert-OH is 1. The van der Waals surface area contributed by atoms with Gasteiger partial charge in [0.25, 0.3) is 9.70 Å². The fraction of sp³-hybridized carbons (Fsp3) is 0.235. The topological polar surface area (TPSA) is 132 Å². The van der Waals surface area contributed by atoms with Crippen molar-refractivity contribution in [1.29, 1.82) is 0 Å². The zero-order valence-corrected chi connectivity index (χ0v) is 28.3. The lowest BCUT2D eigenvalue weighted by Crippen LogP contribution is -2.34. The molecule has 0 unspecified atom stereocenters. The highest BCUT2D eigenvalue weighted by Gasteiger charge is 2.33. The highest BCUT2D eigenvalue weighted by Crippen LogP contribution is 2.40. The van der Waals surface area contributed by atoms with Gasteiger partial charge in [0.1, 0.15) is 5.75 Å². The van der Waals surface area contributed by atoms with Gasteiger partial charge in [-0.1, -0.05) is 119 Å². The predicted molar refractivity (Wildman–Crippen MR) is 184 cm³/mol. The Balaban J connectivity index is 1.21. The Morgan fingerprint density at radius 2 is 1.65 bits per heavy atom. The summed E-state index contributed by atoms with van der Waals surface area (Å²) < 4.78 is 12.6. The molecular weight excluding hydrogens is 697 g/mol. The van der Waals surface area contributed by atoms with Gasteiger partial charge in [0.15, 0.2) is 6.29 Å². The van der Waals surface area contributed by atoms with E-state index in [0.717, 1.165) is 39.1 Å². The molecule has 2 heterocycles. The lowest BCUT2D eigenvalue weighted by atomic mass is 9.98. The van der Waals surface area contributed by atoms with Gasteiger partial charge in [0.05, 0.1) is 24.5 Å². The normalized spacial score (nSPS) is 18.0. The molecule has 1 saturated heterocycles. The van der Waals surface area contributed by atoms with Crippen molar-refractivity contribution in [2.75, 3.05) is 5.75 Å². The summed E-state index contributed by atoms with van der Waals surface area (Å²) in [4.78, 5) is 12.1. The Morgan fingerprint density at radius 1 is 0.938 bits per heavy atom. The number of ether oxygens (including phenoxy) is 2. The van der Waals surface area contributed by atoms with E-state index in [4.69, 9.17) is 44.3 Å². The third-order valence-electron chi connectivity index (χ3n) is 7.76. The monoisotopic (exact) mass is 725 g/mol. The lowest BCUT2D eigenvalue weighted by molar-refractivity contribution is -0.245. The van der Waals surface area contributed by atoms with Crippen LogP contribution in [-0.2, 0) is 27.4 Å². The minimum atomic E-state index is -2.05. The molecule has 0 saturated carbocycles. The predicted octanol–water partition coefficient (Wildman–Crippen LogP) is 6.85. The zero-order chi connectivity index (χ0) is 33.7. The van der Waals surface area contributed by atoms with E-state index in [1.807, 2.05) is 72.8 Å². The van der Waals surface area contributed by atoms with Crippen molar-refractivity contribution < 1.29 is 24.5 Å². The maximum absolute atomic E-state index is 12.1. The van der Waals surface area contributed by atoms with Gasteiger partial charge in [-0.3, -0.25) is 4.79 Å². The fourth-order valence-corrected chi connectivity index (χ4v) is 6.38. The van der Waals surface area contributed by atoms with Crippen LogP contribution in [0.3, 0.4) is 0 Å². The van der Waals surface area contributed by atoms with E-state index < -0.39 is 16.0 Å². The number of nitrogens with zero attached hydrogens (tertiary/aromatic N) is 4. The van der Waals surface area contributed by atoms with Gasteiger partial charge in [0, 0.05) is 24.3 Å². The molecular formula is C34H30Cl3N5O5S. The summed E-state index contributed by atoms with van der Waals surface area (Å²) in [6.07, 6.45) is -0.554. The van der Waals surface area contributed by atoms with E-state index >= 15 is 0 Å². The summed E-state index contributed by atoms with van der Waals surface area (Å²) in [5.74, 6) is 0.00682. The molecule has 248 valence electrons. The minimum absolute atomic E-state index is 0.0404. The molecule has 1 aromatic heterocycles. The maximum Gasteiger partial charge on any atom is 0.272 e. The number of aromatic nitrogens is 4. The second-order valence-corrected chi connectivity index (χ2v) is 14.3.